The molecule has 2 heterocycles. The number of hydrogen-bond acceptors (Lipinski definition) is 3. The number of nitrogens with two attached hydrogens (primary N) is 1. The number of rotatable bonds is 6. The van der Waals surface area contributed by atoms with Crippen LogP contribution in [-0.2, 0) is 12.8 Å². The van der Waals surface area contributed by atoms with Gasteiger partial charge in [0.2, 0.25) is 0 Å². The zero-order valence-corrected chi connectivity index (χ0v) is 14.5. The Kier molecular flexibility index (Phi) is 8.08. The second-order valence-corrected chi connectivity index (χ2v) is 5.92. The highest BCUT2D eigenvalue weighted by atomic mass is 127. The topological polar surface area (TPSA) is 50.4 Å². The summed E-state index contributed by atoms with van der Waals surface area (Å²) in [5.74, 6) is 0.545. The molecule has 0 amide bonds. The molecule has 0 saturated carbocycles. The first kappa shape index (κ1) is 16.5. The monoisotopic (exact) mass is 407 g/mol. The van der Waals surface area contributed by atoms with Gasteiger partial charge >= 0.3 is 0 Å². The van der Waals surface area contributed by atoms with Crippen LogP contribution in [0.2, 0.25) is 0 Å². The lowest BCUT2D eigenvalue weighted by molar-refractivity contribution is 0.854. The number of nitrogens with one attached hydrogen (secondary N) is 1. The maximum Gasteiger partial charge on any atom is 0.188 e. The van der Waals surface area contributed by atoms with E-state index in [0.29, 0.717) is 5.96 Å². The second kappa shape index (κ2) is 9.33. The Morgan fingerprint density at radius 3 is 2.32 bits per heavy atom. The van der Waals surface area contributed by atoms with Gasteiger partial charge in [-0.25, -0.2) is 0 Å². The van der Waals surface area contributed by atoms with Gasteiger partial charge < -0.3 is 11.1 Å². The Balaban J connectivity index is 0.00000180. The van der Waals surface area contributed by atoms with E-state index in [2.05, 4.69) is 45.3 Å². The van der Waals surface area contributed by atoms with E-state index >= 15 is 0 Å². The van der Waals surface area contributed by atoms with Gasteiger partial charge in [0.25, 0.3) is 0 Å². The van der Waals surface area contributed by atoms with Gasteiger partial charge in [-0.2, -0.15) is 0 Å². The van der Waals surface area contributed by atoms with E-state index in [0.717, 1.165) is 25.9 Å². The standard InChI is InChI=1S/C13H17N3S2.HI/c14-13(15-7-5-11-3-1-9-17-11)16-8-6-12-4-2-10-18-12;/h1-4,9-10H,5-8H2,(H3,14,15,16);1H. The highest BCUT2D eigenvalue weighted by Gasteiger charge is 1.96. The molecule has 0 atom stereocenters. The third-order valence-corrected chi connectivity index (χ3v) is 4.35. The molecule has 104 valence electrons. The van der Waals surface area contributed by atoms with Crippen LogP contribution in [0.1, 0.15) is 9.75 Å². The Bertz CT molecular complexity index is 466. The fourth-order valence-corrected chi connectivity index (χ4v) is 2.97. The molecule has 2 aromatic rings. The first-order valence-electron chi connectivity index (χ1n) is 5.93. The first-order valence-corrected chi connectivity index (χ1v) is 7.69. The highest BCUT2D eigenvalue weighted by Crippen LogP contribution is 2.09. The molecule has 3 nitrogen and oxygen atoms in total. The first-order chi connectivity index (χ1) is 8.84. The largest absolute Gasteiger partial charge is 0.370 e. The third kappa shape index (κ3) is 6.40. The smallest absolute Gasteiger partial charge is 0.188 e. The number of thiophene rings is 2. The zero-order chi connectivity index (χ0) is 12.6. The molecule has 2 aromatic heterocycles. The number of halogens is 1. The van der Waals surface area contributed by atoms with Crippen LogP contribution in [0.4, 0.5) is 0 Å². The molecule has 0 spiro atoms. The van der Waals surface area contributed by atoms with Crippen LogP contribution in [0.5, 0.6) is 0 Å². The molecule has 0 radical (unpaired) electrons. The summed E-state index contributed by atoms with van der Waals surface area (Å²) < 4.78 is 0. The summed E-state index contributed by atoms with van der Waals surface area (Å²) >= 11 is 3.53. The lowest BCUT2D eigenvalue weighted by atomic mass is 10.3. The number of hydrogen-bond donors (Lipinski definition) is 2. The summed E-state index contributed by atoms with van der Waals surface area (Å²) in [6.45, 7) is 1.59. The normalized spacial score (nSPS) is 11.1. The number of aliphatic imine (C=N–C) groups is 1. The van der Waals surface area contributed by atoms with Crippen molar-refractivity contribution < 1.29 is 0 Å². The van der Waals surface area contributed by atoms with Crippen molar-refractivity contribution >= 4 is 52.6 Å². The van der Waals surface area contributed by atoms with E-state index in [1.807, 2.05) is 0 Å². The van der Waals surface area contributed by atoms with Gasteiger partial charge in [-0.3, -0.25) is 4.99 Å². The molecule has 3 N–H and O–H groups in total. The van der Waals surface area contributed by atoms with Crippen molar-refractivity contribution in [2.45, 2.75) is 12.8 Å². The van der Waals surface area contributed by atoms with Crippen LogP contribution >= 0.6 is 46.7 Å². The summed E-state index contributed by atoms with van der Waals surface area (Å²) in [5.41, 5.74) is 5.80. The molecular formula is C13H18IN3S2. The minimum atomic E-state index is 0. The van der Waals surface area contributed by atoms with E-state index in [9.17, 15) is 0 Å². The van der Waals surface area contributed by atoms with E-state index in [4.69, 9.17) is 5.73 Å². The van der Waals surface area contributed by atoms with Crippen LogP contribution in [0.15, 0.2) is 40.0 Å². The third-order valence-electron chi connectivity index (χ3n) is 2.48. The minimum Gasteiger partial charge on any atom is -0.370 e. The molecule has 0 unspecified atom stereocenters. The van der Waals surface area contributed by atoms with Crippen molar-refractivity contribution in [1.82, 2.24) is 5.32 Å². The van der Waals surface area contributed by atoms with Gasteiger partial charge in [0.05, 0.1) is 0 Å². The van der Waals surface area contributed by atoms with Gasteiger partial charge in [0, 0.05) is 29.3 Å². The lowest BCUT2D eigenvalue weighted by Crippen LogP contribution is -2.33. The highest BCUT2D eigenvalue weighted by molar-refractivity contribution is 14.0. The Morgan fingerprint density at radius 2 is 1.74 bits per heavy atom. The van der Waals surface area contributed by atoms with Crippen molar-refractivity contribution in [3.8, 4) is 0 Å². The quantitative estimate of drug-likeness (QED) is 0.439. The SMILES string of the molecule is I.NC(=NCCc1cccs1)NCCc1cccs1. The van der Waals surface area contributed by atoms with Crippen molar-refractivity contribution in [3.05, 3.63) is 44.8 Å². The van der Waals surface area contributed by atoms with Crippen LogP contribution < -0.4 is 11.1 Å². The average Bonchev–Trinajstić information content (AvgIpc) is 3.01. The van der Waals surface area contributed by atoms with Gasteiger partial charge in [-0.1, -0.05) is 12.1 Å². The van der Waals surface area contributed by atoms with Gasteiger partial charge in [0.15, 0.2) is 5.96 Å². The van der Waals surface area contributed by atoms with Gasteiger partial charge in [0.1, 0.15) is 0 Å². The molecule has 6 heteroatoms. The van der Waals surface area contributed by atoms with Crippen molar-refractivity contribution in [3.63, 3.8) is 0 Å². The summed E-state index contributed by atoms with van der Waals surface area (Å²) in [6.07, 6.45) is 1.96. The van der Waals surface area contributed by atoms with Gasteiger partial charge in [-0.05, 0) is 29.3 Å². The van der Waals surface area contributed by atoms with E-state index in [1.165, 1.54) is 9.75 Å². The zero-order valence-electron chi connectivity index (χ0n) is 10.5. The fourth-order valence-electron chi connectivity index (χ4n) is 1.57. The van der Waals surface area contributed by atoms with Crippen LogP contribution in [0.25, 0.3) is 0 Å². The number of guanidine groups is 1. The van der Waals surface area contributed by atoms with Crippen molar-refractivity contribution in [1.29, 1.82) is 0 Å². The van der Waals surface area contributed by atoms with E-state index in [-0.39, 0.29) is 24.0 Å². The molecule has 19 heavy (non-hydrogen) atoms. The summed E-state index contributed by atoms with van der Waals surface area (Å²) in [6, 6.07) is 8.39. The van der Waals surface area contributed by atoms with Crippen LogP contribution in [-0.4, -0.2) is 19.0 Å². The average molecular weight is 407 g/mol. The summed E-state index contributed by atoms with van der Waals surface area (Å²) in [4.78, 5) is 7.03. The Hall–Kier alpha value is -0.600. The molecule has 2 rings (SSSR count). The predicted molar refractivity (Wildman–Crippen MR) is 96.0 cm³/mol. The van der Waals surface area contributed by atoms with Crippen molar-refractivity contribution in [2.75, 3.05) is 13.1 Å². The maximum atomic E-state index is 5.80. The molecule has 0 aliphatic carbocycles. The maximum absolute atomic E-state index is 5.80. The van der Waals surface area contributed by atoms with Gasteiger partial charge in [-0.15, -0.1) is 46.7 Å². The Morgan fingerprint density at radius 1 is 1.11 bits per heavy atom. The van der Waals surface area contributed by atoms with E-state index in [1.54, 1.807) is 22.7 Å². The van der Waals surface area contributed by atoms with Crippen molar-refractivity contribution in [2.24, 2.45) is 10.7 Å². The van der Waals surface area contributed by atoms with Crippen LogP contribution in [0.3, 0.4) is 0 Å². The predicted octanol–water partition coefficient (Wildman–Crippen LogP) is 3.12. The number of nitrogens with zero attached hydrogens (tertiary/aromatic N) is 1. The lowest BCUT2D eigenvalue weighted by Gasteiger charge is -2.04. The second-order valence-electron chi connectivity index (χ2n) is 3.85. The molecule has 0 aliphatic rings. The molecule has 0 aromatic carbocycles. The molecule has 0 bridgehead atoms. The fraction of sp³-hybridized carbons (Fsp3) is 0.308. The van der Waals surface area contributed by atoms with E-state index < -0.39 is 0 Å². The minimum absolute atomic E-state index is 0. The summed E-state index contributed by atoms with van der Waals surface area (Å²) in [5, 5.41) is 7.31. The molecular weight excluding hydrogens is 389 g/mol. The molecule has 0 aliphatic heterocycles. The molecule has 0 fully saturated rings. The Labute approximate surface area is 139 Å². The van der Waals surface area contributed by atoms with Crippen LogP contribution in [0, 0.1) is 0 Å². The molecule has 0 saturated heterocycles. The summed E-state index contributed by atoms with van der Waals surface area (Å²) in [7, 11) is 0.